The molecule has 0 spiro atoms. The van der Waals surface area contributed by atoms with Crippen molar-refractivity contribution in [3.05, 3.63) is 51.3 Å². The van der Waals surface area contributed by atoms with Crippen molar-refractivity contribution in [1.29, 1.82) is 0 Å². The fourth-order valence-electron chi connectivity index (χ4n) is 2.86. The van der Waals surface area contributed by atoms with Crippen LogP contribution in [-0.4, -0.2) is 28.6 Å². The molecule has 1 aliphatic carbocycles. The van der Waals surface area contributed by atoms with E-state index in [-0.39, 0.29) is 5.02 Å². The predicted octanol–water partition coefficient (Wildman–Crippen LogP) is 4.51. The van der Waals surface area contributed by atoms with Crippen LogP contribution >= 0.6 is 23.2 Å². The lowest BCUT2D eigenvalue weighted by atomic mass is 10.1. The number of carbonyl (C=O) groups is 2. The SMILES string of the molecule is Cc1noc2nc(C3CC3)cc(C(=O)OCC(=O)Nc3cccc(Cl)c3Cl)c12. The van der Waals surface area contributed by atoms with E-state index in [0.717, 1.165) is 18.5 Å². The topological polar surface area (TPSA) is 94.3 Å². The van der Waals surface area contributed by atoms with Crippen LogP contribution in [-0.2, 0) is 9.53 Å². The van der Waals surface area contributed by atoms with E-state index in [1.54, 1.807) is 31.2 Å². The van der Waals surface area contributed by atoms with E-state index in [1.807, 2.05) is 0 Å². The third-order valence-electron chi connectivity index (χ3n) is 4.41. The number of fused-ring (bicyclic) bond motifs is 1. The first kappa shape index (κ1) is 18.7. The van der Waals surface area contributed by atoms with Gasteiger partial charge in [0.1, 0.15) is 0 Å². The number of pyridine rings is 1. The molecule has 1 N–H and O–H groups in total. The van der Waals surface area contributed by atoms with Crippen LogP contribution in [0.25, 0.3) is 11.1 Å². The average Bonchev–Trinajstić information content (AvgIpc) is 3.46. The summed E-state index contributed by atoms with van der Waals surface area (Å²) in [7, 11) is 0. The van der Waals surface area contributed by atoms with Crippen LogP contribution in [0.2, 0.25) is 10.0 Å². The van der Waals surface area contributed by atoms with Gasteiger partial charge in [-0.2, -0.15) is 0 Å². The number of esters is 1. The Bertz CT molecular complexity index is 1090. The van der Waals surface area contributed by atoms with E-state index in [2.05, 4.69) is 15.5 Å². The minimum absolute atomic E-state index is 0.217. The van der Waals surface area contributed by atoms with Crippen molar-refractivity contribution < 1.29 is 18.8 Å². The van der Waals surface area contributed by atoms with E-state index in [0.29, 0.717) is 39.0 Å². The number of halogens is 2. The minimum atomic E-state index is -0.645. The van der Waals surface area contributed by atoms with Crippen molar-refractivity contribution in [2.24, 2.45) is 0 Å². The predicted molar refractivity (Wildman–Crippen MR) is 104 cm³/mol. The molecule has 7 nitrogen and oxygen atoms in total. The maximum absolute atomic E-state index is 12.6. The number of aromatic nitrogens is 2. The fraction of sp³-hybridized carbons (Fsp3) is 0.263. The molecule has 28 heavy (non-hydrogen) atoms. The minimum Gasteiger partial charge on any atom is -0.452 e. The summed E-state index contributed by atoms with van der Waals surface area (Å²) in [6.45, 7) is 1.24. The molecule has 0 unspecified atom stereocenters. The van der Waals surface area contributed by atoms with Crippen molar-refractivity contribution in [2.75, 3.05) is 11.9 Å². The van der Waals surface area contributed by atoms with Gasteiger partial charge in [-0.25, -0.2) is 9.78 Å². The van der Waals surface area contributed by atoms with Gasteiger partial charge < -0.3 is 14.6 Å². The smallest absolute Gasteiger partial charge is 0.339 e. The molecule has 0 aliphatic heterocycles. The van der Waals surface area contributed by atoms with Crippen molar-refractivity contribution in [3.8, 4) is 0 Å². The van der Waals surface area contributed by atoms with Crippen LogP contribution in [0.5, 0.6) is 0 Å². The normalized spacial score (nSPS) is 13.5. The van der Waals surface area contributed by atoms with Crippen LogP contribution in [0.4, 0.5) is 5.69 Å². The van der Waals surface area contributed by atoms with Crippen molar-refractivity contribution in [3.63, 3.8) is 0 Å². The van der Waals surface area contributed by atoms with Gasteiger partial charge in [-0.15, -0.1) is 0 Å². The number of anilines is 1. The first-order valence-electron chi connectivity index (χ1n) is 8.62. The fourth-order valence-corrected chi connectivity index (χ4v) is 3.21. The van der Waals surface area contributed by atoms with Gasteiger partial charge in [0, 0.05) is 11.6 Å². The number of carbonyl (C=O) groups excluding carboxylic acids is 2. The molecule has 1 amide bonds. The summed E-state index contributed by atoms with van der Waals surface area (Å²) < 4.78 is 10.4. The molecule has 4 rings (SSSR count). The largest absolute Gasteiger partial charge is 0.452 e. The first-order valence-corrected chi connectivity index (χ1v) is 9.37. The van der Waals surface area contributed by atoms with Crippen LogP contribution in [0.1, 0.15) is 40.5 Å². The third kappa shape index (κ3) is 3.68. The Labute approximate surface area is 169 Å². The summed E-state index contributed by atoms with van der Waals surface area (Å²) >= 11 is 12.0. The van der Waals surface area contributed by atoms with Gasteiger partial charge in [-0.3, -0.25) is 4.79 Å². The molecule has 0 atom stereocenters. The van der Waals surface area contributed by atoms with E-state index in [1.165, 1.54) is 0 Å². The molecule has 0 saturated heterocycles. The number of aryl methyl sites for hydroxylation is 1. The monoisotopic (exact) mass is 419 g/mol. The molecular weight excluding hydrogens is 405 g/mol. The Morgan fingerprint density at radius 2 is 2.11 bits per heavy atom. The van der Waals surface area contributed by atoms with Crippen LogP contribution in [0.15, 0.2) is 28.8 Å². The van der Waals surface area contributed by atoms with Crippen molar-refractivity contribution in [1.82, 2.24) is 10.1 Å². The second-order valence-corrected chi connectivity index (χ2v) is 7.33. The Kier molecular flexibility index (Phi) is 4.95. The van der Waals surface area contributed by atoms with Crippen LogP contribution in [0, 0.1) is 6.92 Å². The lowest BCUT2D eigenvalue weighted by molar-refractivity contribution is -0.119. The van der Waals surface area contributed by atoms with Gasteiger partial charge in [-0.1, -0.05) is 34.4 Å². The number of benzene rings is 1. The number of nitrogens with zero attached hydrogens (tertiary/aromatic N) is 2. The number of rotatable bonds is 5. The molecule has 1 aromatic carbocycles. The van der Waals surface area contributed by atoms with Gasteiger partial charge in [0.2, 0.25) is 0 Å². The summed E-state index contributed by atoms with van der Waals surface area (Å²) in [4.78, 5) is 29.2. The van der Waals surface area contributed by atoms with Crippen LogP contribution in [0.3, 0.4) is 0 Å². The van der Waals surface area contributed by atoms with E-state index < -0.39 is 18.5 Å². The van der Waals surface area contributed by atoms with Crippen molar-refractivity contribution in [2.45, 2.75) is 25.7 Å². The highest BCUT2D eigenvalue weighted by Gasteiger charge is 2.29. The maximum Gasteiger partial charge on any atom is 0.339 e. The van der Waals surface area contributed by atoms with Crippen molar-refractivity contribution >= 4 is 51.9 Å². The van der Waals surface area contributed by atoms with Gasteiger partial charge in [0.15, 0.2) is 6.61 Å². The molecular formula is C19H15Cl2N3O4. The molecule has 144 valence electrons. The zero-order valence-corrected chi connectivity index (χ0v) is 16.3. The lowest BCUT2D eigenvalue weighted by Crippen LogP contribution is -2.21. The Balaban J connectivity index is 1.50. The quantitative estimate of drug-likeness (QED) is 0.611. The number of amides is 1. The number of ether oxygens (including phenoxy) is 1. The third-order valence-corrected chi connectivity index (χ3v) is 5.23. The molecule has 9 heteroatoms. The molecule has 1 saturated carbocycles. The van der Waals surface area contributed by atoms with Gasteiger partial charge in [-0.05, 0) is 38.0 Å². The molecule has 2 heterocycles. The number of hydrogen-bond donors (Lipinski definition) is 1. The summed E-state index contributed by atoms with van der Waals surface area (Å²) in [6.07, 6.45) is 2.03. The zero-order chi connectivity index (χ0) is 19.8. The first-order chi connectivity index (χ1) is 13.4. The molecule has 2 aromatic heterocycles. The summed E-state index contributed by atoms with van der Waals surface area (Å²) in [5.74, 6) is -0.866. The van der Waals surface area contributed by atoms with E-state index in [9.17, 15) is 9.59 Å². The maximum atomic E-state index is 12.6. The van der Waals surface area contributed by atoms with Crippen LogP contribution < -0.4 is 5.32 Å². The van der Waals surface area contributed by atoms with E-state index in [4.69, 9.17) is 32.5 Å². The van der Waals surface area contributed by atoms with Gasteiger partial charge in [0.25, 0.3) is 11.6 Å². The molecule has 0 bridgehead atoms. The molecule has 1 aliphatic rings. The van der Waals surface area contributed by atoms with Gasteiger partial charge >= 0.3 is 5.97 Å². The number of nitrogens with one attached hydrogen (secondary N) is 1. The summed E-state index contributed by atoms with van der Waals surface area (Å²) in [5.41, 5.74) is 2.23. The molecule has 1 fully saturated rings. The number of hydrogen-bond acceptors (Lipinski definition) is 6. The van der Waals surface area contributed by atoms with E-state index >= 15 is 0 Å². The summed E-state index contributed by atoms with van der Waals surface area (Å²) in [6, 6.07) is 6.55. The Morgan fingerprint density at radius 3 is 2.86 bits per heavy atom. The highest BCUT2D eigenvalue weighted by Crippen LogP contribution is 2.40. The highest BCUT2D eigenvalue weighted by molar-refractivity contribution is 6.44. The highest BCUT2D eigenvalue weighted by atomic mass is 35.5. The second kappa shape index (κ2) is 7.41. The Hall–Kier alpha value is -2.64. The standard InChI is InChI=1S/C19H15Cl2N3O4/c1-9-16-11(7-14(10-5-6-10)23-18(16)28-24-9)19(26)27-8-15(25)22-13-4-2-3-12(20)17(13)21/h2-4,7,10H,5-6,8H2,1H3,(H,22,25). The molecule has 3 aromatic rings. The second-order valence-electron chi connectivity index (χ2n) is 6.54. The average molecular weight is 420 g/mol. The Morgan fingerprint density at radius 1 is 1.32 bits per heavy atom. The van der Waals surface area contributed by atoms with Gasteiger partial charge in [0.05, 0.1) is 32.4 Å². The summed E-state index contributed by atoms with van der Waals surface area (Å²) in [5, 5.41) is 7.46. The lowest BCUT2D eigenvalue weighted by Gasteiger charge is -2.09. The molecule has 0 radical (unpaired) electrons. The zero-order valence-electron chi connectivity index (χ0n) is 14.8.